The predicted octanol–water partition coefficient (Wildman–Crippen LogP) is 2.11. The van der Waals surface area contributed by atoms with Crippen molar-refractivity contribution in [3.8, 4) is 5.75 Å². The molecule has 0 aromatic heterocycles. The number of hydrogen-bond donors (Lipinski definition) is 2. The summed E-state index contributed by atoms with van der Waals surface area (Å²) in [6.45, 7) is 2.65. The Morgan fingerprint density at radius 2 is 2.06 bits per heavy atom. The van der Waals surface area contributed by atoms with Gasteiger partial charge in [-0.25, -0.2) is 13.1 Å². The quantitative estimate of drug-likeness (QED) is 0.879. The van der Waals surface area contributed by atoms with Crippen LogP contribution in [0.4, 0.5) is 0 Å². The average molecular weight is 269 g/mol. The number of benzene rings is 1. The van der Waals surface area contributed by atoms with Gasteiger partial charge in [-0.15, -0.1) is 0 Å². The van der Waals surface area contributed by atoms with Crippen molar-refractivity contribution in [3.63, 3.8) is 0 Å². The van der Waals surface area contributed by atoms with Crippen molar-refractivity contribution >= 4 is 10.0 Å². The van der Waals surface area contributed by atoms with Crippen molar-refractivity contribution < 1.29 is 13.5 Å². The normalized spacial score (nSPS) is 24.3. The van der Waals surface area contributed by atoms with Crippen LogP contribution in [0, 0.1) is 11.8 Å². The lowest BCUT2D eigenvalue weighted by atomic mass is 10.1. The number of nitrogens with one attached hydrogen (secondary N) is 1. The fourth-order valence-corrected chi connectivity index (χ4v) is 3.71. The van der Waals surface area contributed by atoms with E-state index in [1.165, 1.54) is 18.6 Å². The van der Waals surface area contributed by atoms with E-state index < -0.39 is 10.0 Å². The van der Waals surface area contributed by atoms with E-state index in [1.807, 2.05) is 0 Å². The first-order valence-electron chi connectivity index (χ1n) is 6.26. The summed E-state index contributed by atoms with van der Waals surface area (Å²) < 4.78 is 26.6. The number of aromatic hydroxyl groups is 1. The van der Waals surface area contributed by atoms with E-state index >= 15 is 0 Å². The number of phenols is 1. The molecule has 1 aliphatic rings. The van der Waals surface area contributed by atoms with Crippen molar-refractivity contribution in [2.24, 2.45) is 11.8 Å². The van der Waals surface area contributed by atoms with Crippen molar-refractivity contribution in [1.29, 1.82) is 0 Å². The molecule has 0 heterocycles. The molecule has 1 aromatic rings. The summed E-state index contributed by atoms with van der Waals surface area (Å²) in [5, 5.41) is 9.56. The molecular weight excluding hydrogens is 250 g/mol. The fourth-order valence-electron chi connectivity index (χ4n) is 2.50. The topological polar surface area (TPSA) is 66.4 Å². The van der Waals surface area contributed by atoms with Crippen LogP contribution >= 0.6 is 0 Å². The summed E-state index contributed by atoms with van der Waals surface area (Å²) in [7, 11) is -3.60. The Morgan fingerprint density at radius 3 is 2.67 bits per heavy atom. The molecule has 1 aliphatic carbocycles. The SMILES string of the molecule is CC1CCC(CNS(=O)(=O)c2ccccc2O)C1. The maximum atomic E-state index is 12.0. The smallest absolute Gasteiger partial charge is 0.244 e. The Bertz CT molecular complexity index is 513. The van der Waals surface area contributed by atoms with E-state index in [-0.39, 0.29) is 10.6 Å². The van der Waals surface area contributed by atoms with E-state index in [2.05, 4.69) is 11.6 Å². The molecule has 5 heteroatoms. The van der Waals surface area contributed by atoms with Gasteiger partial charge in [-0.05, 0) is 36.8 Å². The van der Waals surface area contributed by atoms with Crippen LogP contribution in [0.1, 0.15) is 26.2 Å². The highest BCUT2D eigenvalue weighted by Gasteiger charge is 2.24. The van der Waals surface area contributed by atoms with E-state index in [9.17, 15) is 13.5 Å². The summed E-state index contributed by atoms with van der Waals surface area (Å²) in [5.41, 5.74) is 0. The van der Waals surface area contributed by atoms with E-state index in [4.69, 9.17) is 0 Å². The van der Waals surface area contributed by atoms with Gasteiger partial charge in [-0.2, -0.15) is 0 Å². The molecule has 2 N–H and O–H groups in total. The minimum absolute atomic E-state index is 0.0453. The molecule has 1 aromatic carbocycles. The number of phenolic OH excluding ortho intramolecular Hbond substituents is 1. The summed E-state index contributed by atoms with van der Waals surface area (Å²) in [6.07, 6.45) is 3.32. The molecule has 1 saturated carbocycles. The fraction of sp³-hybridized carbons (Fsp3) is 0.538. The molecule has 100 valence electrons. The number of para-hydroxylation sites is 1. The largest absolute Gasteiger partial charge is 0.507 e. The van der Waals surface area contributed by atoms with Crippen LogP contribution in [0.15, 0.2) is 29.2 Å². The van der Waals surface area contributed by atoms with Crippen LogP contribution in [-0.4, -0.2) is 20.1 Å². The summed E-state index contributed by atoms with van der Waals surface area (Å²) in [6, 6.07) is 6.00. The average Bonchev–Trinajstić information content (AvgIpc) is 2.73. The standard InChI is InChI=1S/C13H19NO3S/c1-10-6-7-11(8-10)9-14-18(16,17)13-5-3-2-4-12(13)15/h2-5,10-11,14-15H,6-9H2,1H3. The Balaban J connectivity index is 2.02. The van der Waals surface area contributed by atoms with Crippen molar-refractivity contribution in [1.82, 2.24) is 4.72 Å². The molecule has 2 rings (SSSR count). The van der Waals surface area contributed by atoms with Crippen LogP contribution < -0.4 is 4.72 Å². The minimum atomic E-state index is -3.60. The zero-order valence-corrected chi connectivity index (χ0v) is 11.3. The summed E-state index contributed by atoms with van der Waals surface area (Å²) in [5.74, 6) is 0.898. The Morgan fingerprint density at radius 1 is 1.33 bits per heavy atom. The second kappa shape index (κ2) is 5.28. The van der Waals surface area contributed by atoms with Gasteiger partial charge in [-0.3, -0.25) is 0 Å². The van der Waals surface area contributed by atoms with E-state index in [0.717, 1.165) is 12.8 Å². The molecule has 0 radical (unpaired) electrons. The molecule has 2 unspecified atom stereocenters. The lowest BCUT2D eigenvalue weighted by Crippen LogP contribution is -2.28. The summed E-state index contributed by atoms with van der Waals surface area (Å²) in [4.78, 5) is -0.0453. The minimum Gasteiger partial charge on any atom is -0.507 e. The first-order chi connectivity index (χ1) is 8.49. The van der Waals surface area contributed by atoms with Gasteiger partial charge in [-0.1, -0.05) is 25.5 Å². The third kappa shape index (κ3) is 3.03. The molecule has 0 aliphatic heterocycles. The monoisotopic (exact) mass is 269 g/mol. The maximum absolute atomic E-state index is 12.0. The van der Waals surface area contributed by atoms with Gasteiger partial charge in [0.05, 0.1) is 0 Å². The second-order valence-electron chi connectivity index (χ2n) is 5.10. The van der Waals surface area contributed by atoms with Gasteiger partial charge < -0.3 is 5.11 Å². The van der Waals surface area contributed by atoms with Gasteiger partial charge in [0.25, 0.3) is 0 Å². The zero-order valence-electron chi connectivity index (χ0n) is 10.5. The lowest BCUT2D eigenvalue weighted by Gasteiger charge is -2.12. The maximum Gasteiger partial charge on any atom is 0.244 e. The van der Waals surface area contributed by atoms with Crippen molar-refractivity contribution in [2.45, 2.75) is 31.1 Å². The van der Waals surface area contributed by atoms with Crippen LogP contribution in [-0.2, 0) is 10.0 Å². The number of sulfonamides is 1. The number of rotatable bonds is 4. The van der Waals surface area contributed by atoms with Gasteiger partial charge in [0.1, 0.15) is 10.6 Å². The molecular formula is C13H19NO3S. The molecule has 0 spiro atoms. The molecule has 4 nitrogen and oxygen atoms in total. The highest BCUT2D eigenvalue weighted by molar-refractivity contribution is 7.89. The Labute approximate surface area is 108 Å². The Hall–Kier alpha value is -1.07. The van der Waals surface area contributed by atoms with Crippen molar-refractivity contribution in [2.75, 3.05) is 6.54 Å². The van der Waals surface area contributed by atoms with Crippen LogP contribution in [0.3, 0.4) is 0 Å². The third-order valence-corrected chi connectivity index (χ3v) is 4.99. The third-order valence-electron chi connectivity index (χ3n) is 3.52. The van der Waals surface area contributed by atoms with Crippen LogP contribution in [0.5, 0.6) is 5.75 Å². The molecule has 18 heavy (non-hydrogen) atoms. The Kier molecular flexibility index (Phi) is 3.92. The molecule has 0 bridgehead atoms. The first kappa shape index (κ1) is 13.4. The zero-order chi connectivity index (χ0) is 13.2. The molecule has 0 saturated heterocycles. The molecule has 2 atom stereocenters. The molecule has 1 fully saturated rings. The highest BCUT2D eigenvalue weighted by atomic mass is 32.2. The van der Waals surface area contributed by atoms with Gasteiger partial charge in [0, 0.05) is 6.54 Å². The first-order valence-corrected chi connectivity index (χ1v) is 7.75. The van der Waals surface area contributed by atoms with Crippen molar-refractivity contribution in [3.05, 3.63) is 24.3 Å². The summed E-state index contributed by atoms with van der Waals surface area (Å²) >= 11 is 0. The van der Waals surface area contributed by atoms with Gasteiger partial charge in [0.2, 0.25) is 10.0 Å². The van der Waals surface area contributed by atoms with E-state index in [1.54, 1.807) is 12.1 Å². The van der Waals surface area contributed by atoms with Gasteiger partial charge in [0.15, 0.2) is 0 Å². The molecule has 0 amide bonds. The lowest BCUT2D eigenvalue weighted by molar-refractivity contribution is 0.456. The van der Waals surface area contributed by atoms with Crippen LogP contribution in [0.25, 0.3) is 0 Å². The number of hydrogen-bond acceptors (Lipinski definition) is 3. The predicted molar refractivity (Wildman–Crippen MR) is 69.8 cm³/mol. The second-order valence-corrected chi connectivity index (χ2v) is 6.84. The van der Waals surface area contributed by atoms with E-state index in [0.29, 0.717) is 18.4 Å². The van der Waals surface area contributed by atoms with Crippen LogP contribution in [0.2, 0.25) is 0 Å². The highest BCUT2D eigenvalue weighted by Crippen LogP contribution is 2.30. The van der Waals surface area contributed by atoms with Gasteiger partial charge >= 0.3 is 0 Å².